The van der Waals surface area contributed by atoms with Gasteiger partial charge in [-0.25, -0.2) is 4.98 Å². The molecule has 1 heterocycles. The Morgan fingerprint density at radius 3 is 2.69 bits per heavy atom. The van der Waals surface area contributed by atoms with Crippen LogP contribution in [0.5, 0.6) is 0 Å². The van der Waals surface area contributed by atoms with E-state index in [9.17, 15) is 4.79 Å². The minimum Gasteiger partial charge on any atom is -0.330 e. The van der Waals surface area contributed by atoms with E-state index < -0.39 is 0 Å². The van der Waals surface area contributed by atoms with E-state index in [0.29, 0.717) is 6.41 Å². The normalized spacial score (nSPS) is 12.1. The van der Waals surface area contributed by atoms with Crippen LogP contribution in [0.15, 0.2) is 43.0 Å². The second-order valence-electron chi connectivity index (χ2n) is 3.57. The molecule has 0 radical (unpaired) electrons. The Morgan fingerprint density at radius 2 is 2.12 bits per heavy atom. The van der Waals surface area contributed by atoms with Crippen LogP contribution in [-0.2, 0) is 4.79 Å². The number of carbonyl (C=O) groups is 1. The molecule has 2 rings (SSSR count). The number of aromatic nitrogens is 2. The summed E-state index contributed by atoms with van der Waals surface area (Å²) in [6.07, 6.45) is 6.16. The standard InChI is InChI=1S/C12H13N3O/c1-10(15-7-6-13-8-15)11-2-4-12(5-3-11)14-9-16/h2-10H,1H3,(H,14,16). The monoisotopic (exact) mass is 215 g/mol. The van der Waals surface area contributed by atoms with Crippen LogP contribution in [0.25, 0.3) is 0 Å². The average molecular weight is 215 g/mol. The lowest BCUT2D eigenvalue weighted by atomic mass is 10.1. The van der Waals surface area contributed by atoms with Crippen LogP contribution in [0.3, 0.4) is 0 Å². The highest BCUT2D eigenvalue weighted by molar-refractivity contribution is 5.71. The lowest BCUT2D eigenvalue weighted by Gasteiger charge is -2.13. The van der Waals surface area contributed by atoms with Crippen molar-refractivity contribution in [3.8, 4) is 0 Å². The molecule has 0 aliphatic rings. The number of rotatable bonds is 4. The van der Waals surface area contributed by atoms with E-state index in [4.69, 9.17) is 0 Å². The molecule has 0 bridgehead atoms. The predicted molar refractivity (Wildman–Crippen MR) is 62.2 cm³/mol. The highest BCUT2D eigenvalue weighted by atomic mass is 16.1. The maximum Gasteiger partial charge on any atom is 0.211 e. The second-order valence-corrected chi connectivity index (χ2v) is 3.57. The number of hydrogen-bond donors (Lipinski definition) is 1. The number of carbonyl (C=O) groups excluding carboxylic acids is 1. The molecule has 1 N–H and O–H groups in total. The van der Waals surface area contributed by atoms with Gasteiger partial charge >= 0.3 is 0 Å². The van der Waals surface area contributed by atoms with E-state index in [2.05, 4.69) is 17.2 Å². The van der Waals surface area contributed by atoms with Crippen molar-refractivity contribution in [2.45, 2.75) is 13.0 Å². The fourth-order valence-corrected chi connectivity index (χ4v) is 1.60. The summed E-state index contributed by atoms with van der Waals surface area (Å²) in [4.78, 5) is 14.3. The summed E-state index contributed by atoms with van der Waals surface area (Å²) in [6.45, 7) is 2.10. The first-order valence-electron chi connectivity index (χ1n) is 5.09. The van der Waals surface area contributed by atoms with E-state index >= 15 is 0 Å². The van der Waals surface area contributed by atoms with Crippen LogP contribution in [0, 0.1) is 0 Å². The fourth-order valence-electron chi connectivity index (χ4n) is 1.60. The summed E-state index contributed by atoms with van der Waals surface area (Å²) >= 11 is 0. The summed E-state index contributed by atoms with van der Waals surface area (Å²) in [5.41, 5.74) is 1.98. The maximum atomic E-state index is 10.3. The van der Waals surface area contributed by atoms with Crippen LogP contribution in [0.4, 0.5) is 5.69 Å². The zero-order valence-corrected chi connectivity index (χ0v) is 9.00. The second kappa shape index (κ2) is 4.61. The van der Waals surface area contributed by atoms with Crippen LogP contribution < -0.4 is 5.32 Å². The summed E-state index contributed by atoms with van der Waals surface area (Å²) in [5, 5.41) is 2.61. The number of imidazole rings is 1. The molecule has 1 aromatic carbocycles. The Hall–Kier alpha value is -2.10. The number of hydrogen-bond acceptors (Lipinski definition) is 2. The fraction of sp³-hybridized carbons (Fsp3) is 0.167. The van der Waals surface area contributed by atoms with Gasteiger partial charge in [0.05, 0.1) is 12.4 Å². The number of nitrogens with zero attached hydrogens (tertiary/aromatic N) is 2. The summed E-state index contributed by atoms with van der Waals surface area (Å²) in [5.74, 6) is 0. The largest absolute Gasteiger partial charge is 0.330 e. The summed E-state index contributed by atoms with van der Waals surface area (Å²) in [7, 11) is 0. The van der Waals surface area contributed by atoms with E-state index in [1.165, 1.54) is 5.56 Å². The third-order valence-corrected chi connectivity index (χ3v) is 2.59. The molecule has 1 unspecified atom stereocenters. The molecule has 4 nitrogen and oxygen atoms in total. The summed E-state index contributed by atoms with van der Waals surface area (Å²) < 4.78 is 2.03. The van der Waals surface area contributed by atoms with Crippen molar-refractivity contribution in [1.29, 1.82) is 0 Å². The van der Waals surface area contributed by atoms with Gasteiger partial charge in [-0.2, -0.15) is 0 Å². The quantitative estimate of drug-likeness (QED) is 0.793. The maximum absolute atomic E-state index is 10.3. The Labute approximate surface area is 93.9 Å². The zero-order chi connectivity index (χ0) is 11.4. The van der Waals surface area contributed by atoms with Gasteiger partial charge in [0, 0.05) is 18.1 Å². The predicted octanol–water partition coefficient (Wildman–Crippen LogP) is 2.06. The van der Waals surface area contributed by atoms with Gasteiger partial charge in [0.2, 0.25) is 6.41 Å². The molecular weight excluding hydrogens is 202 g/mol. The molecule has 0 fully saturated rings. The molecule has 0 saturated carbocycles. The minimum atomic E-state index is 0.243. The van der Waals surface area contributed by atoms with E-state index in [1.807, 2.05) is 35.0 Å². The molecule has 4 heteroatoms. The molecule has 1 atom stereocenters. The van der Waals surface area contributed by atoms with Crippen molar-refractivity contribution in [3.63, 3.8) is 0 Å². The number of amides is 1. The van der Waals surface area contributed by atoms with Gasteiger partial charge in [-0.1, -0.05) is 12.1 Å². The van der Waals surface area contributed by atoms with Crippen molar-refractivity contribution in [3.05, 3.63) is 48.5 Å². The van der Waals surface area contributed by atoms with Crippen molar-refractivity contribution in [1.82, 2.24) is 9.55 Å². The Morgan fingerprint density at radius 1 is 1.38 bits per heavy atom. The molecular formula is C12H13N3O. The van der Waals surface area contributed by atoms with Gasteiger partial charge in [-0.15, -0.1) is 0 Å². The molecule has 82 valence electrons. The first-order valence-corrected chi connectivity index (χ1v) is 5.09. The van der Waals surface area contributed by atoms with Crippen LogP contribution in [-0.4, -0.2) is 16.0 Å². The topological polar surface area (TPSA) is 46.9 Å². The molecule has 1 amide bonds. The number of anilines is 1. The van der Waals surface area contributed by atoms with Crippen LogP contribution in [0.1, 0.15) is 18.5 Å². The highest BCUT2D eigenvalue weighted by Crippen LogP contribution is 2.19. The van der Waals surface area contributed by atoms with Gasteiger partial charge < -0.3 is 9.88 Å². The third-order valence-electron chi connectivity index (χ3n) is 2.59. The lowest BCUT2D eigenvalue weighted by Crippen LogP contribution is -2.04. The van der Waals surface area contributed by atoms with Gasteiger partial charge in [0.25, 0.3) is 0 Å². The molecule has 16 heavy (non-hydrogen) atoms. The SMILES string of the molecule is CC(c1ccc(NC=O)cc1)n1ccnc1. The molecule has 1 aromatic heterocycles. The van der Waals surface area contributed by atoms with E-state index in [0.717, 1.165) is 5.69 Å². The molecule has 0 saturated heterocycles. The van der Waals surface area contributed by atoms with Gasteiger partial charge in [0.1, 0.15) is 0 Å². The van der Waals surface area contributed by atoms with Crippen molar-refractivity contribution < 1.29 is 4.79 Å². The first kappa shape index (κ1) is 10.4. The van der Waals surface area contributed by atoms with Crippen molar-refractivity contribution in [2.24, 2.45) is 0 Å². The van der Waals surface area contributed by atoms with Gasteiger partial charge in [-0.05, 0) is 24.6 Å². The zero-order valence-electron chi connectivity index (χ0n) is 9.00. The smallest absolute Gasteiger partial charge is 0.211 e. The average Bonchev–Trinajstić information content (AvgIpc) is 2.83. The molecule has 0 aliphatic heterocycles. The van der Waals surface area contributed by atoms with Crippen LogP contribution in [0.2, 0.25) is 0 Å². The first-order chi connectivity index (χ1) is 7.81. The highest BCUT2D eigenvalue weighted by Gasteiger charge is 2.06. The third kappa shape index (κ3) is 2.11. The summed E-state index contributed by atoms with van der Waals surface area (Å²) in [6, 6.07) is 8.01. The lowest BCUT2D eigenvalue weighted by molar-refractivity contribution is -0.105. The van der Waals surface area contributed by atoms with E-state index in [-0.39, 0.29) is 6.04 Å². The minimum absolute atomic E-state index is 0.243. The molecule has 0 spiro atoms. The molecule has 0 aliphatic carbocycles. The molecule has 2 aromatic rings. The van der Waals surface area contributed by atoms with Crippen molar-refractivity contribution >= 4 is 12.1 Å². The van der Waals surface area contributed by atoms with Gasteiger partial charge in [0.15, 0.2) is 0 Å². The van der Waals surface area contributed by atoms with E-state index in [1.54, 1.807) is 12.5 Å². The number of benzene rings is 1. The number of nitrogens with one attached hydrogen (secondary N) is 1. The van der Waals surface area contributed by atoms with Crippen molar-refractivity contribution in [2.75, 3.05) is 5.32 Å². The van der Waals surface area contributed by atoms with Gasteiger partial charge in [-0.3, -0.25) is 4.79 Å². The Bertz CT molecular complexity index is 448. The Balaban J connectivity index is 2.18. The Kier molecular flexibility index (Phi) is 3.00. The van der Waals surface area contributed by atoms with Crippen LogP contribution >= 0.6 is 0 Å².